The molecule has 2 aromatic rings. The summed E-state index contributed by atoms with van der Waals surface area (Å²) in [6, 6.07) is 5.77. The molecule has 0 bridgehead atoms. The fourth-order valence-electron chi connectivity index (χ4n) is 1.13. The third-order valence-electron chi connectivity index (χ3n) is 1.72. The van der Waals surface area contributed by atoms with Gasteiger partial charge in [0.1, 0.15) is 0 Å². The zero-order valence-corrected chi connectivity index (χ0v) is 7.82. The van der Waals surface area contributed by atoms with Crippen molar-refractivity contribution in [1.82, 2.24) is 4.37 Å². The van der Waals surface area contributed by atoms with E-state index in [4.69, 9.17) is 17.3 Å². The van der Waals surface area contributed by atoms with Crippen molar-refractivity contribution in [1.29, 1.82) is 0 Å². The molecule has 2 N–H and O–H groups in total. The molecule has 1 heterocycles. The fourth-order valence-corrected chi connectivity index (χ4v) is 2.22. The van der Waals surface area contributed by atoms with Crippen LogP contribution in [0.15, 0.2) is 18.2 Å². The maximum Gasteiger partial charge on any atom is 0.0757 e. The Bertz CT molecular complexity index is 410. The molecule has 12 heavy (non-hydrogen) atoms. The molecule has 0 amide bonds. The molecule has 0 radical (unpaired) electrons. The van der Waals surface area contributed by atoms with Crippen molar-refractivity contribution in [3.8, 4) is 0 Å². The second-order valence-electron chi connectivity index (χ2n) is 2.45. The zero-order valence-electron chi connectivity index (χ0n) is 6.25. The maximum atomic E-state index is 5.96. The monoisotopic (exact) mass is 198 g/mol. The van der Waals surface area contributed by atoms with Gasteiger partial charge in [-0.1, -0.05) is 23.7 Å². The van der Waals surface area contributed by atoms with Crippen LogP contribution < -0.4 is 5.73 Å². The van der Waals surface area contributed by atoms with E-state index in [9.17, 15) is 0 Å². The van der Waals surface area contributed by atoms with Gasteiger partial charge in [0.2, 0.25) is 0 Å². The summed E-state index contributed by atoms with van der Waals surface area (Å²) >= 11 is 7.36. The smallest absolute Gasteiger partial charge is 0.0757 e. The second-order valence-corrected chi connectivity index (χ2v) is 3.63. The van der Waals surface area contributed by atoms with E-state index in [0.29, 0.717) is 6.54 Å². The number of aromatic nitrogens is 1. The van der Waals surface area contributed by atoms with Crippen molar-refractivity contribution in [2.24, 2.45) is 5.73 Å². The number of fused-ring (bicyclic) bond motifs is 1. The van der Waals surface area contributed by atoms with E-state index >= 15 is 0 Å². The minimum absolute atomic E-state index is 0.473. The number of nitrogens with zero attached hydrogens (tertiary/aromatic N) is 1. The quantitative estimate of drug-likeness (QED) is 0.765. The average Bonchev–Trinajstić information content (AvgIpc) is 2.49. The van der Waals surface area contributed by atoms with Crippen LogP contribution in [0.1, 0.15) is 5.69 Å². The number of benzene rings is 1. The molecule has 2 nitrogen and oxygen atoms in total. The molecule has 0 atom stereocenters. The lowest BCUT2D eigenvalue weighted by atomic mass is 10.2. The first-order chi connectivity index (χ1) is 5.83. The third kappa shape index (κ3) is 1.10. The molecule has 0 saturated carbocycles. The van der Waals surface area contributed by atoms with Gasteiger partial charge in [-0.05, 0) is 17.6 Å². The van der Waals surface area contributed by atoms with E-state index in [1.807, 2.05) is 18.2 Å². The standard InChI is InChI=1S/C8H7ClN2S/c9-6-3-1-2-5-7(4-10)11-12-8(5)6/h1-3H,4,10H2. The van der Waals surface area contributed by atoms with E-state index in [1.54, 1.807) is 0 Å². The number of halogens is 1. The average molecular weight is 199 g/mol. The predicted octanol–water partition coefficient (Wildman–Crippen LogP) is 2.41. The lowest BCUT2D eigenvalue weighted by Gasteiger charge is -1.92. The SMILES string of the molecule is NCc1nsc2c(Cl)cccc12. The third-order valence-corrected chi connectivity index (χ3v) is 3.08. The van der Waals surface area contributed by atoms with Crippen molar-refractivity contribution in [2.75, 3.05) is 0 Å². The lowest BCUT2D eigenvalue weighted by Crippen LogP contribution is -1.95. The molecule has 1 aromatic heterocycles. The summed E-state index contributed by atoms with van der Waals surface area (Å²) in [6.45, 7) is 0.473. The van der Waals surface area contributed by atoms with E-state index in [-0.39, 0.29) is 0 Å². The summed E-state index contributed by atoms with van der Waals surface area (Å²) in [5.41, 5.74) is 6.44. The van der Waals surface area contributed by atoms with Crippen molar-refractivity contribution >= 4 is 33.2 Å². The van der Waals surface area contributed by atoms with E-state index in [2.05, 4.69) is 4.37 Å². The molecule has 1 aromatic carbocycles. The van der Waals surface area contributed by atoms with Crippen LogP contribution in [0.5, 0.6) is 0 Å². The highest BCUT2D eigenvalue weighted by atomic mass is 35.5. The Kier molecular flexibility index (Phi) is 2.00. The fraction of sp³-hybridized carbons (Fsp3) is 0.125. The summed E-state index contributed by atoms with van der Waals surface area (Å²) in [5, 5.41) is 1.83. The van der Waals surface area contributed by atoms with Gasteiger partial charge in [-0.15, -0.1) is 0 Å². The Balaban J connectivity index is 2.80. The Morgan fingerprint density at radius 3 is 3.08 bits per heavy atom. The highest BCUT2D eigenvalue weighted by Gasteiger charge is 2.05. The van der Waals surface area contributed by atoms with E-state index < -0.39 is 0 Å². The highest BCUT2D eigenvalue weighted by Crippen LogP contribution is 2.28. The Morgan fingerprint density at radius 2 is 2.33 bits per heavy atom. The van der Waals surface area contributed by atoms with Crippen LogP contribution in [0.25, 0.3) is 10.1 Å². The van der Waals surface area contributed by atoms with Crippen LogP contribution in [0.2, 0.25) is 5.02 Å². The molecular formula is C8H7ClN2S. The van der Waals surface area contributed by atoms with Gasteiger partial charge in [0.05, 0.1) is 15.4 Å². The van der Waals surface area contributed by atoms with Crippen LogP contribution in [0.4, 0.5) is 0 Å². The van der Waals surface area contributed by atoms with Crippen molar-refractivity contribution in [2.45, 2.75) is 6.54 Å². The first-order valence-electron chi connectivity index (χ1n) is 3.56. The van der Waals surface area contributed by atoms with Crippen LogP contribution in [-0.4, -0.2) is 4.37 Å². The van der Waals surface area contributed by atoms with Crippen molar-refractivity contribution < 1.29 is 0 Å². The van der Waals surface area contributed by atoms with Gasteiger partial charge in [-0.25, -0.2) is 0 Å². The predicted molar refractivity (Wildman–Crippen MR) is 52.5 cm³/mol. The van der Waals surface area contributed by atoms with Crippen molar-refractivity contribution in [3.63, 3.8) is 0 Å². The lowest BCUT2D eigenvalue weighted by molar-refractivity contribution is 1.04. The number of nitrogens with two attached hydrogens (primary N) is 1. The van der Waals surface area contributed by atoms with Crippen LogP contribution >= 0.6 is 23.1 Å². The molecule has 0 saturated heterocycles. The minimum atomic E-state index is 0.473. The van der Waals surface area contributed by atoms with Gasteiger partial charge < -0.3 is 5.73 Å². The summed E-state index contributed by atoms with van der Waals surface area (Å²) < 4.78 is 5.23. The largest absolute Gasteiger partial charge is 0.325 e. The Morgan fingerprint density at radius 1 is 1.50 bits per heavy atom. The molecule has 0 spiro atoms. The van der Waals surface area contributed by atoms with Gasteiger partial charge in [0.15, 0.2) is 0 Å². The first-order valence-corrected chi connectivity index (χ1v) is 4.71. The van der Waals surface area contributed by atoms with Crippen LogP contribution in [0.3, 0.4) is 0 Å². The maximum absolute atomic E-state index is 5.96. The van der Waals surface area contributed by atoms with E-state index in [1.165, 1.54) is 11.5 Å². The number of rotatable bonds is 1. The topological polar surface area (TPSA) is 38.9 Å². The normalized spacial score (nSPS) is 10.8. The Labute approximate surface area is 79.1 Å². The minimum Gasteiger partial charge on any atom is -0.325 e. The van der Waals surface area contributed by atoms with Gasteiger partial charge in [-0.2, -0.15) is 4.37 Å². The number of hydrogen-bond acceptors (Lipinski definition) is 3. The summed E-state index contributed by atoms with van der Waals surface area (Å²) in [6.07, 6.45) is 0. The molecule has 2 rings (SSSR count). The highest BCUT2D eigenvalue weighted by molar-refractivity contribution is 7.14. The summed E-state index contributed by atoms with van der Waals surface area (Å²) in [4.78, 5) is 0. The molecule has 0 aliphatic heterocycles. The van der Waals surface area contributed by atoms with Gasteiger partial charge >= 0.3 is 0 Å². The summed E-state index contributed by atoms with van der Waals surface area (Å²) in [7, 11) is 0. The van der Waals surface area contributed by atoms with Crippen LogP contribution in [0, 0.1) is 0 Å². The summed E-state index contributed by atoms with van der Waals surface area (Å²) in [5.74, 6) is 0. The van der Waals surface area contributed by atoms with Crippen molar-refractivity contribution in [3.05, 3.63) is 28.9 Å². The van der Waals surface area contributed by atoms with Crippen LogP contribution in [-0.2, 0) is 6.54 Å². The van der Waals surface area contributed by atoms with E-state index in [0.717, 1.165) is 20.8 Å². The van der Waals surface area contributed by atoms with Gasteiger partial charge in [0.25, 0.3) is 0 Å². The molecule has 0 unspecified atom stereocenters. The van der Waals surface area contributed by atoms with Gasteiger partial charge in [-0.3, -0.25) is 0 Å². The number of hydrogen-bond donors (Lipinski definition) is 1. The molecule has 0 aliphatic carbocycles. The molecule has 0 fully saturated rings. The molecular weight excluding hydrogens is 192 g/mol. The van der Waals surface area contributed by atoms with Gasteiger partial charge in [0, 0.05) is 11.9 Å². The Hall–Kier alpha value is -0.640. The first kappa shape index (κ1) is 7.98. The molecule has 4 heteroatoms. The zero-order chi connectivity index (χ0) is 8.55. The molecule has 62 valence electrons. The second kappa shape index (κ2) is 3.01. The molecule has 0 aliphatic rings.